The molecular weight excluding hydrogens is 304 g/mol. The highest BCUT2D eigenvalue weighted by Gasteiger charge is 2.16. The van der Waals surface area contributed by atoms with Gasteiger partial charge in [-0.3, -0.25) is 4.79 Å². The summed E-state index contributed by atoms with van der Waals surface area (Å²) in [5.41, 5.74) is 7.88. The van der Waals surface area contributed by atoms with E-state index in [1.54, 1.807) is 17.0 Å². The maximum atomic E-state index is 12.5. The van der Waals surface area contributed by atoms with Gasteiger partial charge in [-0.1, -0.05) is 28.1 Å². The Labute approximate surface area is 121 Å². The summed E-state index contributed by atoms with van der Waals surface area (Å²) >= 11 is 3.38. The number of nitrogens with zero attached hydrogens (tertiary/aromatic N) is 1. The van der Waals surface area contributed by atoms with Crippen LogP contribution in [0.25, 0.3) is 0 Å². The lowest BCUT2D eigenvalue weighted by atomic mass is 10.1. The van der Waals surface area contributed by atoms with Crippen molar-refractivity contribution in [1.29, 1.82) is 0 Å². The number of carbonyl (C=O) groups is 1. The number of amides is 1. The number of hydrogen-bond donors (Lipinski definition) is 1. The van der Waals surface area contributed by atoms with Gasteiger partial charge in [-0.05, 0) is 43.3 Å². The maximum absolute atomic E-state index is 12.5. The summed E-state index contributed by atoms with van der Waals surface area (Å²) in [5, 5.41) is 0. The molecule has 0 fully saturated rings. The van der Waals surface area contributed by atoms with Gasteiger partial charge in [0.25, 0.3) is 5.91 Å². The molecule has 4 heteroatoms. The second-order valence-corrected chi connectivity index (χ2v) is 5.07. The Morgan fingerprint density at radius 3 is 2.58 bits per heavy atom. The Morgan fingerprint density at radius 1 is 1.21 bits per heavy atom. The third-order valence-electron chi connectivity index (χ3n) is 2.81. The van der Waals surface area contributed by atoms with E-state index in [0.717, 1.165) is 10.2 Å². The van der Waals surface area contributed by atoms with Crippen molar-refractivity contribution in [2.24, 2.45) is 0 Å². The monoisotopic (exact) mass is 318 g/mol. The molecule has 0 radical (unpaired) electrons. The lowest BCUT2D eigenvalue weighted by Crippen LogP contribution is -2.30. The number of hydrogen-bond acceptors (Lipinski definition) is 2. The molecule has 1 amide bonds. The highest BCUT2D eigenvalue weighted by molar-refractivity contribution is 9.10. The molecule has 0 heterocycles. The van der Waals surface area contributed by atoms with Crippen molar-refractivity contribution in [3.63, 3.8) is 0 Å². The van der Waals surface area contributed by atoms with E-state index >= 15 is 0 Å². The molecule has 2 N–H and O–H groups in total. The first-order valence-electron chi connectivity index (χ1n) is 6.05. The van der Waals surface area contributed by atoms with E-state index in [1.165, 1.54) is 0 Å². The van der Waals surface area contributed by atoms with Gasteiger partial charge < -0.3 is 10.6 Å². The fourth-order valence-electron chi connectivity index (χ4n) is 1.91. The maximum Gasteiger partial charge on any atom is 0.258 e. The van der Waals surface area contributed by atoms with Gasteiger partial charge in [-0.15, -0.1) is 0 Å². The first kappa shape index (κ1) is 13.6. The van der Waals surface area contributed by atoms with Crippen LogP contribution in [-0.2, 0) is 0 Å². The number of carbonyl (C=O) groups excluding carboxylic acids is 1. The Bertz CT molecular complexity index is 598. The molecule has 0 aromatic heterocycles. The van der Waals surface area contributed by atoms with E-state index in [4.69, 9.17) is 5.73 Å². The lowest BCUT2D eigenvalue weighted by Gasteiger charge is -2.21. The summed E-state index contributed by atoms with van der Waals surface area (Å²) in [7, 11) is 0. The van der Waals surface area contributed by atoms with E-state index in [1.807, 2.05) is 43.3 Å². The molecule has 2 aromatic rings. The molecule has 0 aliphatic rings. The average Bonchev–Trinajstić information content (AvgIpc) is 2.39. The van der Waals surface area contributed by atoms with Crippen LogP contribution in [0.2, 0.25) is 0 Å². The number of anilines is 2. The molecule has 2 aromatic carbocycles. The van der Waals surface area contributed by atoms with Crippen molar-refractivity contribution < 1.29 is 4.79 Å². The van der Waals surface area contributed by atoms with Crippen molar-refractivity contribution in [3.05, 3.63) is 58.6 Å². The highest BCUT2D eigenvalue weighted by Crippen LogP contribution is 2.21. The van der Waals surface area contributed by atoms with Gasteiger partial charge in [-0.2, -0.15) is 0 Å². The molecule has 0 spiro atoms. The van der Waals surface area contributed by atoms with Gasteiger partial charge >= 0.3 is 0 Å². The van der Waals surface area contributed by atoms with E-state index in [0.29, 0.717) is 17.8 Å². The first-order valence-corrected chi connectivity index (χ1v) is 6.84. The minimum Gasteiger partial charge on any atom is -0.399 e. The van der Waals surface area contributed by atoms with Crippen LogP contribution < -0.4 is 10.6 Å². The molecule has 98 valence electrons. The van der Waals surface area contributed by atoms with Gasteiger partial charge in [0.05, 0.1) is 0 Å². The average molecular weight is 319 g/mol. The quantitative estimate of drug-likeness (QED) is 0.877. The fourth-order valence-corrected chi connectivity index (χ4v) is 2.31. The predicted octanol–water partition coefficient (Wildman–Crippen LogP) is 3.70. The van der Waals surface area contributed by atoms with Crippen LogP contribution in [0.15, 0.2) is 53.0 Å². The van der Waals surface area contributed by atoms with Gasteiger partial charge in [0, 0.05) is 28.0 Å². The number of benzene rings is 2. The first-order chi connectivity index (χ1) is 9.11. The highest BCUT2D eigenvalue weighted by atomic mass is 79.9. The SMILES string of the molecule is CCN(C(=O)c1cccc(Br)c1)c1cccc(N)c1. The third-order valence-corrected chi connectivity index (χ3v) is 3.31. The molecule has 0 unspecified atom stereocenters. The van der Waals surface area contributed by atoms with Crippen molar-refractivity contribution >= 4 is 33.2 Å². The molecule has 0 saturated carbocycles. The van der Waals surface area contributed by atoms with Gasteiger partial charge in [0.2, 0.25) is 0 Å². The van der Waals surface area contributed by atoms with Gasteiger partial charge in [0.1, 0.15) is 0 Å². The third kappa shape index (κ3) is 3.15. The largest absolute Gasteiger partial charge is 0.399 e. The number of nitrogens with two attached hydrogens (primary N) is 1. The van der Waals surface area contributed by atoms with Crippen molar-refractivity contribution in [3.8, 4) is 0 Å². The molecule has 2 rings (SSSR count). The van der Waals surface area contributed by atoms with E-state index in [9.17, 15) is 4.79 Å². The lowest BCUT2D eigenvalue weighted by molar-refractivity contribution is 0.0988. The standard InChI is InChI=1S/C15H15BrN2O/c1-2-18(14-8-4-7-13(17)10-14)15(19)11-5-3-6-12(16)9-11/h3-10H,2,17H2,1H3. The summed E-state index contributed by atoms with van der Waals surface area (Å²) in [4.78, 5) is 14.2. The summed E-state index contributed by atoms with van der Waals surface area (Å²) < 4.78 is 0.891. The predicted molar refractivity (Wildman–Crippen MR) is 82.3 cm³/mol. The topological polar surface area (TPSA) is 46.3 Å². The van der Waals surface area contributed by atoms with Crippen LogP contribution in [-0.4, -0.2) is 12.5 Å². The smallest absolute Gasteiger partial charge is 0.258 e. The van der Waals surface area contributed by atoms with Crippen molar-refractivity contribution in [2.45, 2.75) is 6.92 Å². The molecule has 0 atom stereocenters. The van der Waals surface area contributed by atoms with Crippen molar-refractivity contribution in [2.75, 3.05) is 17.2 Å². The van der Waals surface area contributed by atoms with E-state index < -0.39 is 0 Å². The molecular formula is C15H15BrN2O. The normalized spacial score (nSPS) is 10.2. The van der Waals surface area contributed by atoms with Crippen LogP contribution in [0.3, 0.4) is 0 Å². The summed E-state index contributed by atoms with van der Waals surface area (Å²) in [6.45, 7) is 2.54. The zero-order chi connectivity index (χ0) is 13.8. The summed E-state index contributed by atoms with van der Waals surface area (Å²) in [6.07, 6.45) is 0. The molecule has 19 heavy (non-hydrogen) atoms. The Morgan fingerprint density at radius 2 is 1.95 bits per heavy atom. The van der Waals surface area contributed by atoms with Crippen molar-refractivity contribution in [1.82, 2.24) is 0 Å². The number of rotatable bonds is 3. The van der Waals surface area contributed by atoms with Crippen LogP contribution in [0.4, 0.5) is 11.4 Å². The summed E-state index contributed by atoms with van der Waals surface area (Å²) in [5.74, 6) is -0.0330. The molecule has 0 saturated heterocycles. The number of halogens is 1. The second kappa shape index (κ2) is 5.89. The van der Waals surface area contributed by atoms with Crippen LogP contribution in [0.5, 0.6) is 0 Å². The number of nitrogen functional groups attached to an aromatic ring is 1. The van der Waals surface area contributed by atoms with E-state index in [2.05, 4.69) is 15.9 Å². The fraction of sp³-hybridized carbons (Fsp3) is 0.133. The van der Waals surface area contributed by atoms with Gasteiger partial charge in [0.15, 0.2) is 0 Å². The van der Waals surface area contributed by atoms with Crippen LogP contribution in [0, 0.1) is 0 Å². The summed E-state index contributed by atoms with van der Waals surface area (Å²) in [6, 6.07) is 14.7. The van der Waals surface area contributed by atoms with Crippen LogP contribution in [0.1, 0.15) is 17.3 Å². The Kier molecular flexibility index (Phi) is 4.22. The minimum absolute atomic E-state index is 0.0330. The van der Waals surface area contributed by atoms with E-state index in [-0.39, 0.29) is 5.91 Å². The Hall–Kier alpha value is -1.81. The minimum atomic E-state index is -0.0330. The molecule has 0 bridgehead atoms. The molecule has 3 nitrogen and oxygen atoms in total. The van der Waals surface area contributed by atoms with Gasteiger partial charge in [-0.25, -0.2) is 0 Å². The molecule has 0 aliphatic carbocycles. The molecule has 0 aliphatic heterocycles. The Balaban J connectivity index is 2.34. The zero-order valence-corrected chi connectivity index (χ0v) is 12.2. The zero-order valence-electron chi connectivity index (χ0n) is 10.6. The van der Waals surface area contributed by atoms with Crippen LogP contribution >= 0.6 is 15.9 Å². The second-order valence-electron chi connectivity index (χ2n) is 4.15.